The highest BCUT2D eigenvalue weighted by molar-refractivity contribution is 14.1. The molecule has 19 heavy (non-hydrogen) atoms. The van der Waals surface area contributed by atoms with Crippen LogP contribution in [-0.4, -0.2) is 5.91 Å². The second-order valence-corrected chi connectivity index (χ2v) is 6.25. The number of nitrogens with one attached hydrogen (secondary N) is 1. The molecule has 0 saturated carbocycles. The van der Waals surface area contributed by atoms with E-state index in [-0.39, 0.29) is 5.91 Å². The van der Waals surface area contributed by atoms with Gasteiger partial charge in [-0.15, -0.1) is 0 Å². The molecule has 0 spiro atoms. The van der Waals surface area contributed by atoms with Crippen molar-refractivity contribution in [2.24, 2.45) is 0 Å². The van der Waals surface area contributed by atoms with Gasteiger partial charge in [-0.2, -0.15) is 0 Å². The van der Waals surface area contributed by atoms with Crippen LogP contribution in [0, 0.1) is 10.5 Å². The summed E-state index contributed by atoms with van der Waals surface area (Å²) in [6, 6.07) is 11.0. The fraction of sp³-hybridized carbons (Fsp3) is 0.0714. The molecule has 0 aromatic heterocycles. The number of amides is 1. The molecule has 5 heteroatoms. The van der Waals surface area contributed by atoms with Gasteiger partial charge in [0.1, 0.15) is 0 Å². The van der Waals surface area contributed by atoms with Crippen LogP contribution >= 0.6 is 38.5 Å². The van der Waals surface area contributed by atoms with Gasteiger partial charge >= 0.3 is 0 Å². The first-order valence-electron chi connectivity index (χ1n) is 5.60. The molecule has 2 aromatic rings. The van der Waals surface area contributed by atoms with E-state index in [9.17, 15) is 4.79 Å². The van der Waals surface area contributed by atoms with E-state index in [2.05, 4.69) is 43.8 Å². The zero-order valence-corrected chi connectivity index (χ0v) is 13.9. The molecule has 0 aliphatic rings. The number of nitrogen functional groups attached to an aromatic ring is 1. The van der Waals surface area contributed by atoms with Crippen molar-refractivity contribution in [3.63, 3.8) is 0 Å². The Kier molecular flexibility index (Phi) is 4.46. The van der Waals surface area contributed by atoms with E-state index in [0.29, 0.717) is 16.9 Å². The maximum Gasteiger partial charge on any atom is 0.255 e. The Morgan fingerprint density at radius 1 is 1.26 bits per heavy atom. The van der Waals surface area contributed by atoms with Crippen molar-refractivity contribution in [2.45, 2.75) is 6.92 Å². The van der Waals surface area contributed by atoms with Crippen LogP contribution in [0.1, 0.15) is 15.9 Å². The van der Waals surface area contributed by atoms with Gasteiger partial charge < -0.3 is 11.1 Å². The smallest absolute Gasteiger partial charge is 0.255 e. The van der Waals surface area contributed by atoms with Gasteiger partial charge in [0.2, 0.25) is 0 Å². The molecule has 98 valence electrons. The number of carbonyl (C=O) groups excluding carboxylic acids is 1. The summed E-state index contributed by atoms with van der Waals surface area (Å²) in [7, 11) is 0. The number of rotatable bonds is 2. The quantitative estimate of drug-likeness (QED) is 0.554. The molecule has 2 aromatic carbocycles. The predicted octanol–water partition coefficient (Wildman–Crippen LogP) is 4.20. The number of carbonyl (C=O) groups is 1. The molecular weight excluding hydrogens is 419 g/mol. The molecule has 0 unspecified atom stereocenters. The SMILES string of the molecule is Cc1cc(Br)c(NC(=O)c2ccc(I)cc2)cc1N. The van der Waals surface area contributed by atoms with Crippen molar-refractivity contribution in [3.05, 3.63) is 55.6 Å². The first-order chi connectivity index (χ1) is 8.97. The summed E-state index contributed by atoms with van der Waals surface area (Å²) in [4.78, 5) is 12.1. The molecule has 0 aliphatic carbocycles. The maximum absolute atomic E-state index is 12.1. The summed E-state index contributed by atoms with van der Waals surface area (Å²) in [5.41, 5.74) is 8.77. The topological polar surface area (TPSA) is 55.1 Å². The third-order valence-corrected chi connectivity index (χ3v) is 4.09. The normalized spacial score (nSPS) is 10.3. The molecule has 0 bridgehead atoms. The molecule has 0 saturated heterocycles. The van der Waals surface area contributed by atoms with Crippen LogP contribution in [-0.2, 0) is 0 Å². The van der Waals surface area contributed by atoms with Gasteiger partial charge in [0.05, 0.1) is 5.69 Å². The highest BCUT2D eigenvalue weighted by atomic mass is 127. The lowest BCUT2D eigenvalue weighted by atomic mass is 10.1. The van der Waals surface area contributed by atoms with Crippen LogP contribution < -0.4 is 11.1 Å². The van der Waals surface area contributed by atoms with Gasteiger partial charge in [0, 0.05) is 19.3 Å². The summed E-state index contributed by atoms with van der Waals surface area (Å²) in [6.07, 6.45) is 0. The molecule has 0 aliphatic heterocycles. The van der Waals surface area contributed by atoms with Crippen molar-refractivity contribution >= 4 is 55.8 Å². The molecular formula is C14H12BrIN2O. The minimum atomic E-state index is -0.152. The summed E-state index contributed by atoms with van der Waals surface area (Å²) in [6.45, 7) is 1.92. The Labute approximate surface area is 133 Å². The van der Waals surface area contributed by atoms with E-state index in [4.69, 9.17) is 5.73 Å². The van der Waals surface area contributed by atoms with Crippen LogP contribution in [0.5, 0.6) is 0 Å². The first-order valence-corrected chi connectivity index (χ1v) is 7.47. The molecule has 3 nitrogen and oxygen atoms in total. The molecule has 0 radical (unpaired) electrons. The van der Waals surface area contributed by atoms with Crippen LogP contribution in [0.3, 0.4) is 0 Å². The van der Waals surface area contributed by atoms with Gasteiger partial charge in [-0.1, -0.05) is 0 Å². The lowest BCUT2D eigenvalue weighted by Gasteiger charge is -2.10. The zero-order valence-electron chi connectivity index (χ0n) is 10.2. The molecule has 1 amide bonds. The van der Waals surface area contributed by atoms with E-state index in [0.717, 1.165) is 13.6 Å². The molecule has 3 N–H and O–H groups in total. The van der Waals surface area contributed by atoms with Gasteiger partial charge in [-0.05, 0) is 87.4 Å². The van der Waals surface area contributed by atoms with Crippen LogP contribution in [0.25, 0.3) is 0 Å². The molecule has 2 rings (SSSR count). The lowest BCUT2D eigenvalue weighted by Crippen LogP contribution is -2.12. The number of aryl methyl sites for hydroxylation is 1. The summed E-state index contributed by atoms with van der Waals surface area (Å²) in [5, 5.41) is 2.85. The van der Waals surface area contributed by atoms with E-state index in [1.54, 1.807) is 18.2 Å². The van der Waals surface area contributed by atoms with Crippen LogP contribution in [0.2, 0.25) is 0 Å². The van der Waals surface area contributed by atoms with Gasteiger partial charge in [-0.3, -0.25) is 4.79 Å². The van der Waals surface area contributed by atoms with Crippen LogP contribution in [0.4, 0.5) is 11.4 Å². The minimum absolute atomic E-state index is 0.152. The third kappa shape index (κ3) is 3.48. The fourth-order valence-electron chi connectivity index (χ4n) is 1.58. The van der Waals surface area contributed by atoms with Crippen molar-refractivity contribution in [2.75, 3.05) is 11.1 Å². The Balaban J connectivity index is 2.24. The predicted molar refractivity (Wildman–Crippen MR) is 90.4 cm³/mol. The summed E-state index contributed by atoms with van der Waals surface area (Å²) < 4.78 is 1.91. The van der Waals surface area contributed by atoms with E-state index < -0.39 is 0 Å². The van der Waals surface area contributed by atoms with Gasteiger partial charge in [-0.25, -0.2) is 0 Å². The third-order valence-electron chi connectivity index (χ3n) is 2.71. The number of benzene rings is 2. The second kappa shape index (κ2) is 5.92. The monoisotopic (exact) mass is 430 g/mol. The Morgan fingerprint density at radius 3 is 2.53 bits per heavy atom. The standard InChI is InChI=1S/C14H12BrIN2O/c1-8-6-11(15)13(7-12(8)17)18-14(19)9-2-4-10(16)5-3-9/h2-7H,17H2,1H3,(H,18,19). The zero-order chi connectivity index (χ0) is 14.0. The molecule has 0 heterocycles. The lowest BCUT2D eigenvalue weighted by molar-refractivity contribution is 0.102. The van der Waals surface area contributed by atoms with Gasteiger partial charge in [0.25, 0.3) is 5.91 Å². The molecule has 0 fully saturated rings. The average Bonchev–Trinajstić information content (AvgIpc) is 2.36. The van der Waals surface area contributed by atoms with E-state index in [1.807, 2.05) is 25.1 Å². The van der Waals surface area contributed by atoms with Crippen molar-refractivity contribution in [3.8, 4) is 0 Å². The summed E-state index contributed by atoms with van der Waals surface area (Å²) in [5.74, 6) is -0.152. The maximum atomic E-state index is 12.1. The van der Waals surface area contributed by atoms with Gasteiger partial charge in [0.15, 0.2) is 0 Å². The number of anilines is 2. The van der Waals surface area contributed by atoms with E-state index in [1.165, 1.54) is 0 Å². The summed E-state index contributed by atoms with van der Waals surface area (Å²) >= 11 is 5.62. The van der Waals surface area contributed by atoms with E-state index >= 15 is 0 Å². The van der Waals surface area contributed by atoms with Crippen LogP contribution in [0.15, 0.2) is 40.9 Å². The number of halogens is 2. The highest BCUT2D eigenvalue weighted by Gasteiger charge is 2.09. The van der Waals surface area contributed by atoms with Crippen molar-refractivity contribution in [1.29, 1.82) is 0 Å². The Hall–Kier alpha value is -1.08. The number of nitrogens with two attached hydrogens (primary N) is 1. The fourth-order valence-corrected chi connectivity index (χ4v) is 2.50. The van der Waals surface area contributed by atoms with Crippen molar-refractivity contribution in [1.82, 2.24) is 0 Å². The first kappa shape index (κ1) is 14.3. The largest absolute Gasteiger partial charge is 0.398 e. The highest BCUT2D eigenvalue weighted by Crippen LogP contribution is 2.28. The second-order valence-electron chi connectivity index (χ2n) is 4.15. The minimum Gasteiger partial charge on any atom is -0.398 e. The molecule has 0 atom stereocenters. The Morgan fingerprint density at radius 2 is 1.89 bits per heavy atom. The average molecular weight is 431 g/mol. The Bertz CT molecular complexity index is 626. The number of hydrogen-bond donors (Lipinski definition) is 2. The van der Waals surface area contributed by atoms with Crippen molar-refractivity contribution < 1.29 is 4.79 Å². The number of hydrogen-bond acceptors (Lipinski definition) is 2.